The number of anilines is 1. The minimum atomic E-state index is -0.516. The largest absolute Gasteiger partial charge is 0.422 e. The van der Waals surface area contributed by atoms with Gasteiger partial charge >= 0.3 is 6.01 Å². The first-order valence-electron chi connectivity index (χ1n) is 4.77. The lowest BCUT2D eigenvalue weighted by molar-refractivity contribution is 0.435. The molecule has 1 heterocycles. The summed E-state index contributed by atoms with van der Waals surface area (Å²) >= 11 is 3.33. The zero-order valence-corrected chi connectivity index (χ0v) is 10.5. The SMILES string of the molecule is Cc1cc(Br)cc(N)c1Oc1ncc(F)cn1. The van der Waals surface area contributed by atoms with E-state index in [9.17, 15) is 4.39 Å². The lowest BCUT2D eigenvalue weighted by atomic mass is 10.2. The van der Waals surface area contributed by atoms with Gasteiger partial charge in [-0.1, -0.05) is 15.9 Å². The van der Waals surface area contributed by atoms with E-state index >= 15 is 0 Å². The van der Waals surface area contributed by atoms with Gasteiger partial charge in [0.15, 0.2) is 11.6 Å². The van der Waals surface area contributed by atoms with Crippen LogP contribution in [0.15, 0.2) is 29.0 Å². The fourth-order valence-corrected chi connectivity index (χ4v) is 1.93. The van der Waals surface area contributed by atoms with Crippen molar-refractivity contribution >= 4 is 21.6 Å². The van der Waals surface area contributed by atoms with Crippen LogP contribution in [0.3, 0.4) is 0 Å². The van der Waals surface area contributed by atoms with E-state index in [-0.39, 0.29) is 6.01 Å². The van der Waals surface area contributed by atoms with Crippen LogP contribution in [0.2, 0.25) is 0 Å². The second-order valence-corrected chi connectivity index (χ2v) is 4.34. The van der Waals surface area contributed by atoms with Crippen molar-refractivity contribution in [2.24, 2.45) is 0 Å². The van der Waals surface area contributed by atoms with Crippen LogP contribution < -0.4 is 10.5 Å². The smallest absolute Gasteiger partial charge is 0.322 e. The van der Waals surface area contributed by atoms with Gasteiger partial charge in [-0.05, 0) is 24.6 Å². The van der Waals surface area contributed by atoms with E-state index in [0.717, 1.165) is 22.4 Å². The van der Waals surface area contributed by atoms with Crippen molar-refractivity contribution in [1.82, 2.24) is 9.97 Å². The molecule has 0 aliphatic heterocycles. The molecular formula is C11H9BrFN3O. The molecule has 2 N–H and O–H groups in total. The Bertz CT molecular complexity index is 522. The Morgan fingerprint density at radius 2 is 1.94 bits per heavy atom. The molecule has 0 radical (unpaired) electrons. The molecule has 0 aliphatic rings. The Morgan fingerprint density at radius 3 is 2.53 bits per heavy atom. The predicted molar refractivity (Wildman–Crippen MR) is 65.4 cm³/mol. The number of aryl methyl sites for hydroxylation is 1. The summed E-state index contributed by atoms with van der Waals surface area (Å²) in [7, 11) is 0. The highest BCUT2D eigenvalue weighted by molar-refractivity contribution is 9.10. The molecule has 0 amide bonds. The molecule has 4 nitrogen and oxygen atoms in total. The molecule has 0 saturated carbocycles. The summed E-state index contributed by atoms with van der Waals surface area (Å²) in [4.78, 5) is 7.41. The first-order chi connectivity index (χ1) is 8.06. The molecule has 1 aromatic carbocycles. The van der Waals surface area contributed by atoms with Crippen LogP contribution in [0.5, 0.6) is 11.8 Å². The molecular weight excluding hydrogens is 289 g/mol. The van der Waals surface area contributed by atoms with Gasteiger partial charge in [-0.15, -0.1) is 0 Å². The number of nitrogens with two attached hydrogens (primary N) is 1. The normalized spacial score (nSPS) is 10.3. The van der Waals surface area contributed by atoms with Crippen LogP contribution in [0, 0.1) is 12.7 Å². The molecule has 0 aliphatic carbocycles. The number of nitrogen functional groups attached to an aromatic ring is 1. The van der Waals surface area contributed by atoms with E-state index in [2.05, 4.69) is 25.9 Å². The predicted octanol–water partition coefficient (Wildman–Crippen LogP) is 3.06. The van der Waals surface area contributed by atoms with E-state index in [0.29, 0.717) is 11.4 Å². The third-order valence-corrected chi connectivity index (χ3v) is 2.52. The Balaban J connectivity index is 2.33. The lowest BCUT2D eigenvalue weighted by Gasteiger charge is -2.10. The minimum absolute atomic E-state index is 0.0588. The number of rotatable bonds is 2. The van der Waals surface area contributed by atoms with Gasteiger partial charge in [0.05, 0.1) is 18.1 Å². The highest BCUT2D eigenvalue weighted by Gasteiger charge is 2.09. The standard InChI is InChI=1S/C11H9BrFN3O/c1-6-2-7(12)3-9(14)10(6)17-11-15-4-8(13)5-16-11/h2-5H,14H2,1H3. The molecule has 88 valence electrons. The van der Waals surface area contributed by atoms with Gasteiger partial charge in [0.1, 0.15) is 0 Å². The third kappa shape index (κ3) is 2.71. The monoisotopic (exact) mass is 297 g/mol. The summed E-state index contributed by atoms with van der Waals surface area (Å²) in [6, 6.07) is 3.63. The fraction of sp³-hybridized carbons (Fsp3) is 0.0909. The summed E-state index contributed by atoms with van der Waals surface area (Å²) < 4.78 is 18.9. The second-order valence-electron chi connectivity index (χ2n) is 3.43. The molecule has 0 spiro atoms. The summed E-state index contributed by atoms with van der Waals surface area (Å²) in [5.74, 6) is -0.0438. The molecule has 2 aromatic rings. The van der Waals surface area contributed by atoms with Crippen LogP contribution in [0.1, 0.15) is 5.56 Å². The number of hydrogen-bond donors (Lipinski definition) is 1. The maximum atomic E-state index is 12.6. The molecule has 17 heavy (non-hydrogen) atoms. The first kappa shape index (κ1) is 11.8. The average Bonchev–Trinajstić information content (AvgIpc) is 2.26. The molecule has 0 saturated heterocycles. The van der Waals surface area contributed by atoms with E-state index in [4.69, 9.17) is 10.5 Å². The topological polar surface area (TPSA) is 61.0 Å². The average molecular weight is 298 g/mol. The number of nitrogens with zero attached hydrogens (tertiary/aromatic N) is 2. The minimum Gasteiger partial charge on any atom is -0.422 e. The number of aromatic nitrogens is 2. The van der Waals surface area contributed by atoms with Gasteiger partial charge < -0.3 is 10.5 Å². The fourth-order valence-electron chi connectivity index (χ4n) is 1.34. The maximum Gasteiger partial charge on any atom is 0.322 e. The molecule has 0 atom stereocenters. The Hall–Kier alpha value is -1.69. The number of benzene rings is 1. The Morgan fingerprint density at radius 1 is 1.29 bits per heavy atom. The first-order valence-corrected chi connectivity index (χ1v) is 5.56. The lowest BCUT2D eigenvalue weighted by Crippen LogP contribution is -1.98. The van der Waals surface area contributed by atoms with Crippen LogP contribution in [-0.2, 0) is 0 Å². The van der Waals surface area contributed by atoms with Crippen molar-refractivity contribution in [3.63, 3.8) is 0 Å². The summed E-state index contributed by atoms with van der Waals surface area (Å²) in [6.07, 6.45) is 2.07. The summed E-state index contributed by atoms with van der Waals surface area (Å²) in [5.41, 5.74) is 7.12. The van der Waals surface area contributed by atoms with Crippen LogP contribution >= 0.6 is 15.9 Å². The zero-order chi connectivity index (χ0) is 12.4. The molecule has 1 aromatic heterocycles. The number of halogens is 2. The van der Waals surface area contributed by atoms with E-state index in [1.54, 1.807) is 6.07 Å². The Labute approximate surface area is 106 Å². The van der Waals surface area contributed by atoms with Gasteiger partial charge in [0.2, 0.25) is 0 Å². The van der Waals surface area contributed by atoms with Crippen LogP contribution in [0.25, 0.3) is 0 Å². The molecule has 0 fully saturated rings. The molecule has 6 heteroatoms. The van der Waals surface area contributed by atoms with Gasteiger partial charge in [0.25, 0.3) is 0 Å². The van der Waals surface area contributed by atoms with Gasteiger partial charge in [-0.2, -0.15) is 0 Å². The van der Waals surface area contributed by atoms with Crippen molar-refractivity contribution < 1.29 is 9.13 Å². The summed E-state index contributed by atoms with van der Waals surface area (Å²) in [5, 5.41) is 0. The van der Waals surface area contributed by atoms with E-state index < -0.39 is 5.82 Å². The molecule has 0 bridgehead atoms. The van der Waals surface area contributed by atoms with Gasteiger partial charge in [0, 0.05) is 4.47 Å². The van der Waals surface area contributed by atoms with Crippen LogP contribution in [-0.4, -0.2) is 9.97 Å². The highest BCUT2D eigenvalue weighted by atomic mass is 79.9. The quantitative estimate of drug-likeness (QED) is 0.866. The third-order valence-electron chi connectivity index (χ3n) is 2.06. The maximum absolute atomic E-state index is 12.6. The summed E-state index contributed by atoms with van der Waals surface area (Å²) in [6.45, 7) is 1.85. The van der Waals surface area contributed by atoms with E-state index in [1.165, 1.54) is 0 Å². The second kappa shape index (κ2) is 4.67. The number of ether oxygens (including phenoxy) is 1. The Kier molecular flexibility index (Phi) is 3.23. The van der Waals surface area contributed by atoms with Crippen molar-refractivity contribution in [2.45, 2.75) is 6.92 Å². The van der Waals surface area contributed by atoms with Gasteiger partial charge in [-0.3, -0.25) is 0 Å². The highest BCUT2D eigenvalue weighted by Crippen LogP contribution is 2.32. The molecule has 0 unspecified atom stereocenters. The molecule has 2 rings (SSSR count). The zero-order valence-electron chi connectivity index (χ0n) is 8.95. The van der Waals surface area contributed by atoms with Crippen molar-refractivity contribution in [2.75, 3.05) is 5.73 Å². The van der Waals surface area contributed by atoms with Gasteiger partial charge in [-0.25, -0.2) is 14.4 Å². The van der Waals surface area contributed by atoms with Crippen molar-refractivity contribution in [3.8, 4) is 11.8 Å². The van der Waals surface area contributed by atoms with Crippen molar-refractivity contribution in [1.29, 1.82) is 0 Å². The van der Waals surface area contributed by atoms with Crippen LogP contribution in [0.4, 0.5) is 10.1 Å². The number of hydrogen-bond acceptors (Lipinski definition) is 4. The van der Waals surface area contributed by atoms with Crippen molar-refractivity contribution in [3.05, 3.63) is 40.4 Å². The van der Waals surface area contributed by atoms with E-state index in [1.807, 2.05) is 13.0 Å².